The molecule has 34 heteroatoms. The molecule has 0 N–H and O–H groups in total. The van der Waals surface area contributed by atoms with E-state index < -0.39 is 123 Å². The molecule has 0 aromatic heterocycles. The fourth-order valence-electron chi connectivity index (χ4n) is 15.0. The van der Waals surface area contributed by atoms with Crippen molar-refractivity contribution in [1.29, 1.82) is 0 Å². The number of rotatable bonds is 48. The SMILES string of the molecule is CCO[Si](C)(OCC)C1C(C)C(F)C1[Si](F)(OCC)OCC.CCO[Si](C)(OCC)C1C(C)C([Si](F)(OCC)OCC)C1F.CCO[Si](OCC)(OCC)C1C(C)C(F)C1[Si](OCC)(OCC)OCC.CCO[Si](OCC)(OCC)C1C(C)C([Si](OCC)(OCC)OCC)C1F. The molecule has 96 heavy (non-hydrogen) atoms. The lowest BCUT2D eigenvalue weighted by Gasteiger charge is -2.55. The summed E-state index contributed by atoms with van der Waals surface area (Å²) in [4.78, 5) is 0. The zero-order valence-electron chi connectivity index (χ0n) is 63.8. The first-order valence-electron chi connectivity index (χ1n) is 36.2. The van der Waals surface area contributed by atoms with Crippen LogP contribution in [0.5, 0.6) is 0 Å². The molecule has 0 aliphatic heterocycles. The summed E-state index contributed by atoms with van der Waals surface area (Å²) in [5.74, 6) is -0.843. The topological polar surface area (TPSA) is 185 Å². The third-order valence-corrected chi connectivity index (χ3v) is 47.0. The largest absolute Gasteiger partial charge is 0.546 e. The smallest absolute Gasteiger partial charge is 0.394 e. The molecule has 4 rings (SSSR count). The molecular weight excluding hydrogens is 1400 g/mol. The van der Waals surface area contributed by atoms with E-state index >= 15 is 17.0 Å². The van der Waals surface area contributed by atoms with Crippen LogP contribution in [0.3, 0.4) is 0 Å². The minimum absolute atomic E-state index is 0.0716. The zero-order chi connectivity index (χ0) is 73.5. The molecule has 20 nitrogen and oxygen atoms in total. The molecule has 0 amide bonds. The Balaban J connectivity index is 0.000000642. The lowest BCUT2D eigenvalue weighted by molar-refractivity contribution is -0.0264. The number of hydrogen-bond acceptors (Lipinski definition) is 20. The highest BCUT2D eigenvalue weighted by molar-refractivity contribution is 6.73. The molecule has 4 aliphatic rings. The monoisotopic (exact) mass is 1540 g/mol. The number of hydrogen-bond donors (Lipinski definition) is 0. The quantitative estimate of drug-likeness (QED) is 0.0318. The summed E-state index contributed by atoms with van der Waals surface area (Å²) in [6.45, 7) is 56.0. The van der Waals surface area contributed by atoms with Crippen molar-refractivity contribution >= 4 is 70.1 Å². The van der Waals surface area contributed by atoms with Crippen molar-refractivity contribution in [2.24, 2.45) is 23.7 Å². The summed E-state index contributed by atoms with van der Waals surface area (Å²) in [6, 6.07) is 0. The van der Waals surface area contributed by atoms with Gasteiger partial charge in [0, 0.05) is 149 Å². The van der Waals surface area contributed by atoms with Crippen LogP contribution in [0.2, 0.25) is 57.4 Å². The Labute approximate surface area is 585 Å². The second kappa shape index (κ2) is 45.8. The normalized spacial score (nSPS) is 28.0. The highest BCUT2D eigenvalue weighted by Gasteiger charge is 2.76. The zero-order valence-corrected chi connectivity index (χ0v) is 71.8. The molecule has 0 aromatic carbocycles. The molecule has 4 saturated carbocycles. The summed E-state index contributed by atoms with van der Waals surface area (Å²) in [5, 5.41) is 0. The average molecular weight is 1540 g/mol. The van der Waals surface area contributed by atoms with Crippen LogP contribution in [0.15, 0.2) is 0 Å². The maximum Gasteiger partial charge on any atom is 0.546 e. The third-order valence-electron chi connectivity index (χ3n) is 18.1. The Kier molecular flexibility index (Phi) is 45.1. The maximum atomic E-state index is 15.6. The van der Waals surface area contributed by atoms with Gasteiger partial charge in [-0.1, -0.05) is 27.7 Å². The summed E-state index contributed by atoms with van der Waals surface area (Å²) >= 11 is 0. The van der Waals surface area contributed by atoms with Crippen molar-refractivity contribution in [2.75, 3.05) is 132 Å². The Bertz CT molecular complexity index is 1800. The summed E-state index contributed by atoms with van der Waals surface area (Å²) < 4.78 is 207. The first-order valence-corrected chi connectivity index (χ1v) is 51.7. The van der Waals surface area contributed by atoms with Gasteiger partial charge in [0.05, 0.1) is 27.7 Å². The Morgan fingerprint density at radius 3 is 0.625 bits per heavy atom. The van der Waals surface area contributed by atoms with E-state index in [0.717, 1.165) is 0 Å². The van der Waals surface area contributed by atoms with Crippen molar-refractivity contribution in [3.05, 3.63) is 0 Å². The predicted octanol–water partition coefficient (Wildman–Crippen LogP) is 15.3. The van der Waals surface area contributed by atoms with Gasteiger partial charge in [-0.2, -0.15) is 0 Å². The van der Waals surface area contributed by atoms with E-state index in [0.29, 0.717) is 106 Å². The van der Waals surface area contributed by atoms with Crippen LogP contribution < -0.4 is 0 Å². The molecule has 0 aromatic rings. The van der Waals surface area contributed by atoms with E-state index in [4.69, 9.17) is 88.5 Å². The van der Waals surface area contributed by atoms with Crippen LogP contribution in [0.4, 0.5) is 25.8 Å². The number of alkyl halides is 4. The average Bonchev–Trinajstić information content (AvgIpc) is 0.711. The van der Waals surface area contributed by atoms with E-state index in [-0.39, 0.29) is 66.7 Å². The molecule has 0 bridgehead atoms. The van der Waals surface area contributed by atoms with Crippen molar-refractivity contribution in [3.8, 4) is 0 Å². The fraction of sp³-hybridized carbons (Fsp3) is 1.00. The van der Waals surface area contributed by atoms with Gasteiger partial charge in [0.25, 0.3) is 0 Å². The lowest BCUT2D eigenvalue weighted by atomic mass is 9.83. The number of halogens is 6. The van der Waals surface area contributed by atoms with E-state index in [9.17, 15) is 8.78 Å². The van der Waals surface area contributed by atoms with E-state index in [1.165, 1.54) is 0 Å². The fourth-order valence-corrected chi connectivity index (χ4v) is 44.9. The first-order chi connectivity index (χ1) is 45.5. The van der Waals surface area contributed by atoms with E-state index in [1.54, 1.807) is 34.6 Å². The van der Waals surface area contributed by atoms with E-state index in [2.05, 4.69) is 0 Å². The minimum Gasteiger partial charge on any atom is -0.394 e. The van der Waals surface area contributed by atoms with Crippen molar-refractivity contribution in [2.45, 2.75) is 248 Å². The first kappa shape index (κ1) is 94.5. The van der Waals surface area contributed by atoms with E-state index in [1.807, 2.05) is 145 Å². The van der Waals surface area contributed by atoms with Gasteiger partial charge in [0.15, 0.2) is 0 Å². The molecule has 0 radical (unpaired) electrons. The van der Waals surface area contributed by atoms with Gasteiger partial charge in [-0.3, -0.25) is 0 Å². The molecule has 14 unspecified atom stereocenters. The van der Waals surface area contributed by atoms with Crippen molar-refractivity contribution < 1.29 is 114 Å². The second-order valence-electron chi connectivity index (χ2n) is 23.7. The molecule has 576 valence electrons. The molecule has 4 aliphatic carbocycles. The van der Waals surface area contributed by atoms with Crippen LogP contribution in [-0.2, 0) is 88.5 Å². The summed E-state index contributed by atoms with van der Waals surface area (Å²) in [7, 11) is -26.2. The lowest BCUT2D eigenvalue weighted by Crippen LogP contribution is -2.69. The van der Waals surface area contributed by atoms with Gasteiger partial charge < -0.3 is 88.5 Å². The van der Waals surface area contributed by atoms with Crippen molar-refractivity contribution in [1.82, 2.24) is 0 Å². The van der Waals surface area contributed by atoms with Gasteiger partial charge in [0.2, 0.25) is 0 Å². The molecule has 14 atom stereocenters. The molecular formula is C62H134F6O20Si8. The Morgan fingerprint density at radius 1 is 0.198 bits per heavy atom. The predicted molar refractivity (Wildman–Crippen MR) is 379 cm³/mol. The standard InChI is InChI=1S/2C17H37FO6Si2.2C14H30F2O4Si2/c1-8-19-25(20-9-2,21-10-3)16-14(7)17(15(16)18)26(22-11-4,23-12-5)24-13-6;1-8-19-25(20-9-2,21-10-3)16-14(7)15(18)17(16)26(22-11-4,23-12-5)24-13-6;1-7-17-21(6,18-8-2)13-11(5)14(12(13)15)22(16,19-9-3)20-10-4;1-7-17-21(6,18-8-2)13-11(5)12(15)14(13)22(16,19-9-3)20-10-4/h2*14-17H,8-13H2,1-7H3;2*11-14H,7-10H2,1-6H3. The molecule has 4 fully saturated rings. The third kappa shape index (κ3) is 22.3. The van der Waals surface area contributed by atoms with Gasteiger partial charge in [-0.25, -0.2) is 25.8 Å². The van der Waals surface area contributed by atoms with Crippen LogP contribution in [0.25, 0.3) is 0 Å². The van der Waals surface area contributed by atoms with Crippen LogP contribution in [0, 0.1) is 23.7 Å². The molecule has 0 heterocycles. The van der Waals surface area contributed by atoms with Crippen LogP contribution >= 0.6 is 0 Å². The van der Waals surface area contributed by atoms with Crippen LogP contribution in [-0.4, -0.2) is 227 Å². The summed E-state index contributed by atoms with van der Waals surface area (Å²) in [6.07, 6.45) is -4.89. The molecule has 0 spiro atoms. The van der Waals surface area contributed by atoms with Gasteiger partial charge in [-0.15, -0.1) is 0 Å². The van der Waals surface area contributed by atoms with Gasteiger partial charge >= 0.3 is 70.1 Å². The maximum absolute atomic E-state index is 15.6. The van der Waals surface area contributed by atoms with Crippen LogP contribution in [0.1, 0.15) is 166 Å². The van der Waals surface area contributed by atoms with Gasteiger partial charge in [0.1, 0.15) is 24.7 Å². The Morgan fingerprint density at radius 2 is 0.385 bits per heavy atom. The highest BCUT2D eigenvalue weighted by atomic mass is 28.4. The van der Waals surface area contributed by atoms with Gasteiger partial charge in [-0.05, 0) is 175 Å². The Hall–Kier alpha value is 0.515. The summed E-state index contributed by atoms with van der Waals surface area (Å²) in [5.41, 5.74) is -4.01. The van der Waals surface area contributed by atoms with Crippen molar-refractivity contribution in [3.63, 3.8) is 0 Å². The second-order valence-corrected chi connectivity index (χ2v) is 46.0. The minimum atomic E-state index is -4.10. The molecule has 0 saturated heterocycles. The highest BCUT2D eigenvalue weighted by Crippen LogP contribution is 2.65.